The third-order valence-electron chi connectivity index (χ3n) is 3.47. The smallest absolute Gasteiger partial charge is 0.251 e. The molecule has 128 valence electrons. The van der Waals surface area contributed by atoms with Crippen molar-refractivity contribution < 1.29 is 9.53 Å². The predicted octanol–water partition coefficient (Wildman–Crippen LogP) is 3.86. The molecular formula is C20H26N2O2. The van der Waals surface area contributed by atoms with Crippen LogP contribution in [-0.2, 0) is 6.54 Å². The second-order valence-corrected chi connectivity index (χ2v) is 6.95. The Morgan fingerprint density at radius 1 is 1.04 bits per heavy atom. The SMILES string of the molecule is CN(C)c1ccc(C(=O)NCc2ccccc2OC(C)(C)C)cc1. The van der Waals surface area contributed by atoms with E-state index in [9.17, 15) is 4.79 Å². The van der Waals surface area contributed by atoms with Gasteiger partial charge in [0.25, 0.3) is 5.91 Å². The van der Waals surface area contributed by atoms with E-state index in [1.807, 2.05) is 88.3 Å². The van der Waals surface area contributed by atoms with Crippen LogP contribution in [0.3, 0.4) is 0 Å². The fourth-order valence-corrected chi connectivity index (χ4v) is 2.27. The highest BCUT2D eigenvalue weighted by Gasteiger charge is 2.15. The van der Waals surface area contributed by atoms with Gasteiger partial charge in [0.05, 0.1) is 0 Å². The number of hydrogen-bond acceptors (Lipinski definition) is 3. The highest BCUT2D eigenvalue weighted by molar-refractivity contribution is 5.94. The van der Waals surface area contributed by atoms with Gasteiger partial charge in [0.15, 0.2) is 0 Å². The lowest BCUT2D eigenvalue weighted by Crippen LogP contribution is -2.26. The third kappa shape index (κ3) is 5.01. The Bertz CT molecular complexity index is 686. The van der Waals surface area contributed by atoms with Crippen molar-refractivity contribution >= 4 is 11.6 Å². The van der Waals surface area contributed by atoms with Crippen LogP contribution in [0.5, 0.6) is 5.75 Å². The molecule has 0 spiro atoms. The van der Waals surface area contributed by atoms with Crippen LogP contribution in [0.4, 0.5) is 5.69 Å². The molecule has 2 aromatic rings. The second kappa shape index (κ2) is 7.39. The van der Waals surface area contributed by atoms with Gasteiger partial charge in [0, 0.05) is 37.5 Å². The molecule has 0 bridgehead atoms. The molecule has 0 atom stereocenters. The molecule has 24 heavy (non-hydrogen) atoms. The first-order chi connectivity index (χ1) is 11.3. The Morgan fingerprint density at radius 2 is 1.67 bits per heavy atom. The number of rotatable bonds is 5. The molecule has 0 saturated carbocycles. The number of nitrogens with one attached hydrogen (secondary N) is 1. The summed E-state index contributed by atoms with van der Waals surface area (Å²) in [5.41, 5.74) is 2.40. The molecule has 1 amide bonds. The monoisotopic (exact) mass is 326 g/mol. The second-order valence-electron chi connectivity index (χ2n) is 6.95. The maximum absolute atomic E-state index is 12.3. The molecular weight excluding hydrogens is 300 g/mol. The van der Waals surface area contributed by atoms with Crippen LogP contribution in [0.2, 0.25) is 0 Å². The summed E-state index contributed by atoms with van der Waals surface area (Å²) < 4.78 is 5.96. The van der Waals surface area contributed by atoms with Crippen molar-refractivity contribution in [3.63, 3.8) is 0 Å². The van der Waals surface area contributed by atoms with E-state index >= 15 is 0 Å². The van der Waals surface area contributed by atoms with E-state index in [1.165, 1.54) is 0 Å². The van der Waals surface area contributed by atoms with Gasteiger partial charge in [0.1, 0.15) is 11.4 Å². The van der Waals surface area contributed by atoms with Gasteiger partial charge in [-0.15, -0.1) is 0 Å². The maximum atomic E-state index is 12.3. The van der Waals surface area contributed by atoms with E-state index in [4.69, 9.17) is 4.74 Å². The number of nitrogens with zero attached hydrogens (tertiary/aromatic N) is 1. The quantitative estimate of drug-likeness (QED) is 0.907. The molecule has 4 nitrogen and oxygen atoms in total. The molecule has 0 unspecified atom stereocenters. The molecule has 0 aliphatic heterocycles. The first kappa shape index (κ1) is 17.9. The molecule has 0 radical (unpaired) electrons. The van der Waals surface area contributed by atoms with Crippen LogP contribution in [0.1, 0.15) is 36.7 Å². The summed E-state index contributed by atoms with van der Waals surface area (Å²) in [5.74, 6) is 0.708. The molecule has 4 heteroatoms. The van der Waals surface area contributed by atoms with Crippen LogP contribution < -0.4 is 15.0 Å². The Morgan fingerprint density at radius 3 is 2.25 bits per heavy atom. The van der Waals surface area contributed by atoms with E-state index < -0.39 is 0 Å². The van der Waals surface area contributed by atoms with Gasteiger partial charge in [-0.2, -0.15) is 0 Å². The third-order valence-corrected chi connectivity index (χ3v) is 3.47. The van der Waals surface area contributed by atoms with E-state index in [0.29, 0.717) is 12.1 Å². The fraction of sp³-hybridized carbons (Fsp3) is 0.350. The minimum atomic E-state index is -0.276. The highest BCUT2D eigenvalue weighted by atomic mass is 16.5. The zero-order chi connectivity index (χ0) is 17.7. The first-order valence-corrected chi connectivity index (χ1v) is 8.09. The number of para-hydroxylation sites is 1. The normalized spacial score (nSPS) is 11.0. The van der Waals surface area contributed by atoms with Crippen molar-refractivity contribution in [1.29, 1.82) is 0 Å². The number of ether oxygens (including phenoxy) is 1. The minimum Gasteiger partial charge on any atom is -0.488 e. The average molecular weight is 326 g/mol. The lowest BCUT2D eigenvalue weighted by Gasteiger charge is -2.23. The number of carbonyl (C=O) groups excluding carboxylic acids is 1. The van der Waals surface area contributed by atoms with Crippen molar-refractivity contribution in [3.05, 3.63) is 59.7 Å². The van der Waals surface area contributed by atoms with E-state index in [2.05, 4.69) is 5.32 Å². The predicted molar refractivity (Wildman–Crippen MR) is 98.8 cm³/mol. The molecule has 2 rings (SSSR count). The fourth-order valence-electron chi connectivity index (χ4n) is 2.27. The number of amides is 1. The number of carbonyl (C=O) groups is 1. The summed E-state index contributed by atoms with van der Waals surface area (Å²) in [6, 6.07) is 15.3. The average Bonchev–Trinajstić information content (AvgIpc) is 2.52. The summed E-state index contributed by atoms with van der Waals surface area (Å²) in [6.45, 7) is 6.46. The molecule has 0 aromatic heterocycles. The van der Waals surface area contributed by atoms with Crippen molar-refractivity contribution in [2.75, 3.05) is 19.0 Å². The van der Waals surface area contributed by atoms with Crippen LogP contribution in [0.15, 0.2) is 48.5 Å². The van der Waals surface area contributed by atoms with Crippen molar-refractivity contribution in [2.45, 2.75) is 32.9 Å². The summed E-state index contributed by atoms with van der Waals surface area (Å²) in [5, 5.41) is 2.96. The van der Waals surface area contributed by atoms with Gasteiger partial charge in [0.2, 0.25) is 0 Å². The number of hydrogen-bond donors (Lipinski definition) is 1. The topological polar surface area (TPSA) is 41.6 Å². The zero-order valence-corrected chi connectivity index (χ0v) is 15.1. The van der Waals surface area contributed by atoms with Crippen molar-refractivity contribution in [3.8, 4) is 5.75 Å². The minimum absolute atomic E-state index is 0.0918. The van der Waals surface area contributed by atoms with Gasteiger partial charge in [-0.1, -0.05) is 18.2 Å². The molecule has 0 saturated heterocycles. The lowest BCUT2D eigenvalue weighted by molar-refractivity contribution is 0.0949. The van der Waals surface area contributed by atoms with Crippen molar-refractivity contribution in [1.82, 2.24) is 5.32 Å². The maximum Gasteiger partial charge on any atom is 0.251 e. The Labute approximate surface area is 144 Å². The Kier molecular flexibility index (Phi) is 5.50. The van der Waals surface area contributed by atoms with Crippen molar-refractivity contribution in [2.24, 2.45) is 0 Å². The van der Waals surface area contributed by atoms with E-state index in [-0.39, 0.29) is 11.5 Å². The van der Waals surface area contributed by atoms with Gasteiger partial charge in [-0.3, -0.25) is 4.79 Å². The molecule has 2 aromatic carbocycles. The van der Waals surface area contributed by atoms with Crippen LogP contribution in [-0.4, -0.2) is 25.6 Å². The first-order valence-electron chi connectivity index (χ1n) is 8.09. The lowest BCUT2D eigenvalue weighted by atomic mass is 10.1. The zero-order valence-electron chi connectivity index (χ0n) is 15.1. The molecule has 0 aliphatic rings. The molecule has 0 heterocycles. The standard InChI is InChI=1S/C20H26N2O2/c1-20(2,3)24-18-9-7-6-8-16(18)14-21-19(23)15-10-12-17(13-11-15)22(4)5/h6-13H,14H2,1-5H3,(H,21,23). The van der Waals surface area contributed by atoms with Crippen LogP contribution >= 0.6 is 0 Å². The highest BCUT2D eigenvalue weighted by Crippen LogP contribution is 2.23. The summed E-state index contributed by atoms with van der Waals surface area (Å²) in [4.78, 5) is 14.3. The number of anilines is 1. The summed E-state index contributed by atoms with van der Waals surface area (Å²) >= 11 is 0. The van der Waals surface area contributed by atoms with Gasteiger partial charge in [-0.05, 0) is 51.1 Å². The van der Waals surface area contributed by atoms with E-state index in [1.54, 1.807) is 0 Å². The van der Waals surface area contributed by atoms with Crippen LogP contribution in [0.25, 0.3) is 0 Å². The summed E-state index contributed by atoms with van der Waals surface area (Å²) in [6.07, 6.45) is 0. The van der Waals surface area contributed by atoms with E-state index in [0.717, 1.165) is 17.0 Å². The van der Waals surface area contributed by atoms with Gasteiger partial charge >= 0.3 is 0 Å². The van der Waals surface area contributed by atoms with Gasteiger partial charge in [-0.25, -0.2) is 0 Å². The van der Waals surface area contributed by atoms with Gasteiger partial charge < -0.3 is 15.0 Å². The number of benzene rings is 2. The Balaban J connectivity index is 2.04. The molecule has 0 aliphatic carbocycles. The largest absolute Gasteiger partial charge is 0.488 e. The summed E-state index contributed by atoms with van der Waals surface area (Å²) in [7, 11) is 3.95. The molecule has 1 N–H and O–H groups in total. The Hall–Kier alpha value is -2.49. The van der Waals surface area contributed by atoms with Crippen LogP contribution in [0, 0.1) is 0 Å². The molecule has 0 fully saturated rings.